The van der Waals surface area contributed by atoms with E-state index in [9.17, 15) is 15.6 Å². The van der Waals surface area contributed by atoms with E-state index in [0.29, 0.717) is 47.7 Å². The van der Waals surface area contributed by atoms with Gasteiger partial charge in [0.15, 0.2) is 10.7 Å². The molecule has 4 aliphatic rings. The van der Waals surface area contributed by atoms with E-state index in [-0.39, 0.29) is 11.3 Å². The van der Waals surface area contributed by atoms with Gasteiger partial charge in [-0.05, 0) is 85.4 Å². The highest BCUT2D eigenvalue weighted by Gasteiger charge is 2.63. The van der Waals surface area contributed by atoms with Crippen LogP contribution in [0.25, 0.3) is 4.98 Å². The third-order valence-electron chi connectivity index (χ3n) is 9.55. The van der Waals surface area contributed by atoms with E-state index in [1.165, 1.54) is 32.1 Å². The largest absolute Gasteiger partial charge is 0.505 e. The average molecular weight is 360 g/mol. The van der Waals surface area contributed by atoms with Crippen LogP contribution in [0.1, 0.15) is 72.1 Å². The number of nitrogens with zero attached hydrogens (tertiary/aromatic N) is 2. The van der Waals surface area contributed by atoms with Gasteiger partial charge in [0.1, 0.15) is 0 Å². The van der Waals surface area contributed by atoms with Crippen molar-refractivity contribution in [2.45, 2.75) is 72.1 Å². The molecule has 0 saturated heterocycles. The Kier molecular flexibility index (Phi) is 4.38. The third-order valence-corrected chi connectivity index (χ3v) is 9.55. The van der Waals surface area contributed by atoms with E-state index in [1.54, 1.807) is 0 Å². The lowest BCUT2D eigenvalue weighted by atomic mass is 9.45. The van der Waals surface area contributed by atoms with Gasteiger partial charge >= 0.3 is 5.70 Å². The highest BCUT2D eigenvalue weighted by atomic mass is 16.3. The summed E-state index contributed by atoms with van der Waals surface area (Å²) in [5.41, 5.74) is 1.10. The van der Waals surface area contributed by atoms with Crippen molar-refractivity contribution in [2.75, 3.05) is 6.61 Å². The van der Waals surface area contributed by atoms with Crippen molar-refractivity contribution in [3.63, 3.8) is 0 Å². The van der Waals surface area contributed by atoms with Gasteiger partial charge in [-0.3, -0.25) is 0 Å². The Hall–Kier alpha value is -1.08. The minimum Gasteiger partial charge on any atom is -0.505 e. The van der Waals surface area contributed by atoms with E-state index in [0.717, 1.165) is 24.7 Å². The standard InChI is InChI=1S/C22H34N2O2/c1-13(12-25)15-6-7-16-14-4-5-18-20(24-23)19(26)9-11-22(18,3)17(14)8-10-21(15,16)2/h13-18,25H,4-12H2,1-3H3/p+1/t13-,14-,15+,16-,17-,18-,21+,22+/m0/s1. The SMILES string of the molecule is C[C@@H](CO)[C@H]1CC[C@H]2[C@@H]3CC[C@H]4C([N+]#N)=C(O)CC[C@]4(C)[C@H]3CC[C@]12C. The molecule has 0 radical (unpaired) electrons. The van der Waals surface area contributed by atoms with Crippen LogP contribution in [0, 0.1) is 51.7 Å². The molecule has 0 spiro atoms. The van der Waals surface area contributed by atoms with Crippen molar-refractivity contribution in [2.24, 2.45) is 46.3 Å². The molecule has 144 valence electrons. The zero-order valence-electron chi connectivity index (χ0n) is 16.6. The predicted octanol–water partition coefficient (Wildman–Crippen LogP) is 5.51. The van der Waals surface area contributed by atoms with Gasteiger partial charge in [0, 0.05) is 13.0 Å². The summed E-state index contributed by atoms with van der Waals surface area (Å²) in [5, 5.41) is 29.5. The van der Waals surface area contributed by atoms with E-state index in [2.05, 4.69) is 25.7 Å². The summed E-state index contributed by atoms with van der Waals surface area (Å²) < 4.78 is 0. The molecule has 4 nitrogen and oxygen atoms in total. The molecule has 3 fully saturated rings. The fourth-order valence-corrected chi connectivity index (χ4v) is 8.21. The molecular weight excluding hydrogens is 324 g/mol. The number of allylic oxidation sites excluding steroid dienone is 2. The monoisotopic (exact) mass is 359 g/mol. The van der Waals surface area contributed by atoms with E-state index in [1.807, 2.05) is 0 Å². The van der Waals surface area contributed by atoms with Crippen molar-refractivity contribution in [3.05, 3.63) is 16.4 Å². The first-order chi connectivity index (χ1) is 12.4. The van der Waals surface area contributed by atoms with Crippen LogP contribution in [-0.4, -0.2) is 16.8 Å². The van der Waals surface area contributed by atoms with Crippen LogP contribution in [-0.2, 0) is 0 Å². The predicted molar refractivity (Wildman–Crippen MR) is 102 cm³/mol. The fourth-order valence-electron chi connectivity index (χ4n) is 8.21. The summed E-state index contributed by atoms with van der Waals surface area (Å²) in [6.45, 7) is 7.45. The first kappa shape index (κ1) is 18.3. The van der Waals surface area contributed by atoms with Crippen LogP contribution in [0.4, 0.5) is 0 Å². The van der Waals surface area contributed by atoms with E-state index < -0.39 is 0 Å². The third kappa shape index (κ3) is 2.32. The number of aliphatic hydroxyl groups is 2. The van der Waals surface area contributed by atoms with Gasteiger partial charge in [-0.15, -0.1) is 0 Å². The van der Waals surface area contributed by atoms with Gasteiger partial charge in [0.2, 0.25) is 5.39 Å². The van der Waals surface area contributed by atoms with Crippen LogP contribution in [0.15, 0.2) is 11.5 Å². The maximum Gasteiger partial charge on any atom is 0.401 e. The van der Waals surface area contributed by atoms with Gasteiger partial charge < -0.3 is 10.2 Å². The minimum absolute atomic E-state index is 0.152. The number of hydrogen-bond acceptors (Lipinski definition) is 3. The maximum absolute atomic E-state index is 10.2. The quantitative estimate of drug-likeness (QED) is 0.639. The molecule has 0 unspecified atom stereocenters. The Morgan fingerprint density at radius 1 is 1.08 bits per heavy atom. The lowest BCUT2D eigenvalue weighted by Gasteiger charge is -2.59. The van der Waals surface area contributed by atoms with E-state index >= 15 is 0 Å². The zero-order chi connectivity index (χ0) is 18.7. The van der Waals surface area contributed by atoms with E-state index in [4.69, 9.17) is 0 Å². The van der Waals surface area contributed by atoms with Crippen molar-refractivity contribution in [1.29, 1.82) is 5.39 Å². The lowest BCUT2D eigenvalue weighted by Crippen LogP contribution is -2.53. The second kappa shape index (κ2) is 6.23. The second-order valence-corrected chi connectivity index (χ2v) is 10.3. The first-order valence-corrected chi connectivity index (χ1v) is 10.7. The van der Waals surface area contributed by atoms with Crippen LogP contribution < -0.4 is 0 Å². The number of aliphatic hydroxyl groups excluding tert-OH is 2. The Bertz CT molecular complexity index is 653. The highest BCUT2D eigenvalue weighted by Crippen LogP contribution is 2.68. The van der Waals surface area contributed by atoms with Crippen molar-refractivity contribution in [3.8, 4) is 0 Å². The molecule has 0 amide bonds. The zero-order valence-corrected chi connectivity index (χ0v) is 16.6. The summed E-state index contributed by atoms with van der Waals surface area (Å²) in [5.74, 6) is 3.78. The summed E-state index contributed by atoms with van der Waals surface area (Å²) >= 11 is 0. The summed E-state index contributed by atoms with van der Waals surface area (Å²) in [4.78, 5) is 3.52. The van der Waals surface area contributed by atoms with Crippen molar-refractivity contribution in [1.82, 2.24) is 0 Å². The normalized spacial score (nSPS) is 49.0. The molecule has 0 heterocycles. The Morgan fingerprint density at radius 3 is 2.50 bits per heavy atom. The van der Waals surface area contributed by atoms with Crippen LogP contribution in [0.5, 0.6) is 0 Å². The van der Waals surface area contributed by atoms with Crippen molar-refractivity contribution >= 4 is 0 Å². The molecule has 3 saturated carbocycles. The van der Waals surface area contributed by atoms with Gasteiger partial charge in [0.05, 0.1) is 5.92 Å². The fraction of sp³-hybridized carbons (Fsp3) is 0.909. The smallest absolute Gasteiger partial charge is 0.401 e. The molecular formula is C22H35N2O2+. The molecule has 26 heavy (non-hydrogen) atoms. The first-order valence-electron chi connectivity index (χ1n) is 10.7. The number of fused-ring (bicyclic) bond motifs is 5. The number of rotatable bonds is 2. The highest BCUT2D eigenvalue weighted by molar-refractivity contribution is 5.26. The molecule has 8 atom stereocenters. The Morgan fingerprint density at radius 2 is 1.81 bits per heavy atom. The molecule has 4 heteroatoms. The van der Waals surface area contributed by atoms with Gasteiger partial charge in [-0.25, -0.2) is 0 Å². The average Bonchev–Trinajstić information content (AvgIpc) is 2.99. The second-order valence-electron chi connectivity index (χ2n) is 10.3. The molecule has 4 rings (SSSR count). The molecule has 0 aliphatic heterocycles. The van der Waals surface area contributed by atoms with Crippen LogP contribution in [0.2, 0.25) is 0 Å². The summed E-state index contributed by atoms with van der Waals surface area (Å²) in [6, 6.07) is 0. The van der Waals surface area contributed by atoms with Crippen LogP contribution in [0.3, 0.4) is 0 Å². The van der Waals surface area contributed by atoms with Crippen LogP contribution >= 0.6 is 0 Å². The molecule has 0 aromatic heterocycles. The number of diazo groups is 1. The maximum atomic E-state index is 10.2. The molecule has 4 aliphatic carbocycles. The number of hydrogen-bond donors (Lipinski definition) is 2. The van der Waals surface area contributed by atoms with Gasteiger partial charge in [0.25, 0.3) is 0 Å². The molecule has 0 aromatic rings. The lowest BCUT2D eigenvalue weighted by molar-refractivity contribution is -0.101. The van der Waals surface area contributed by atoms with Gasteiger partial charge in [-0.1, -0.05) is 20.8 Å². The minimum atomic E-state index is 0.152. The Balaban J connectivity index is 1.64. The molecule has 2 N–H and O–H groups in total. The summed E-state index contributed by atoms with van der Waals surface area (Å²) in [6.07, 6.45) is 8.99. The Labute approximate surface area is 157 Å². The topological polar surface area (TPSA) is 68.6 Å². The molecule has 0 bridgehead atoms. The van der Waals surface area contributed by atoms with Gasteiger partial charge in [-0.2, -0.15) is 0 Å². The summed E-state index contributed by atoms with van der Waals surface area (Å²) in [7, 11) is 0. The van der Waals surface area contributed by atoms with Crippen molar-refractivity contribution < 1.29 is 10.2 Å². The molecule has 0 aromatic carbocycles.